The number of rotatable bonds is 4. The van der Waals surface area contributed by atoms with Gasteiger partial charge in [0.25, 0.3) is 5.91 Å². The fraction of sp³-hybridized carbons (Fsp3) is 0.429. The number of benzene rings is 1. The molecule has 0 saturated heterocycles. The minimum atomic E-state index is -0.891. The van der Waals surface area contributed by atoms with E-state index in [9.17, 15) is 9.59 Å². The molecule has 0 atom stereocenters. The number of carboxylic acids is 1. The molecular formula is C14H15BrClNO3. The second kappa shape index (κ2) is 6.14. The molecule has 1 saturated carbocycles. The molecule has 0 bridgehead atoms. The lowest BCUT2D eigenvalue weighted by Gasteiger charge is -2.29. The molecule has 0 heterocycles. The van der Waals surface area contributed by atoms with Gasteiger partial charge in [-0.2, -0.15) is 0 Å². The number of hydrogen-bond donors (Lipinski definition) is 2. The molecule has 2 N–H and O–H groups in total. The van der Waals surface area contributed by atoms with E-state index in [-0.39, 0.29) is 12.3 Å². The maximum absolute atomic E-state index is 12.4. The Morgan fingerprint density at radius 2 is 2.00 bits per heavy atom. The van der Waals surface area contributed by atoms with Crippen LogP contribution < -0.4 is 5.32 Å². The Bertz CT molecular complexity index is 541. The lowest BCUT2D eigenvalue weighted by Crippen LogP contribution is -2.47. The first-order chi connectivity index (χ1) is 9.42. The average molecular weight is 361 g/mol. The summed E-state index contributed by atoms with van der Waals surface area (Å²) in [5, 5.41) is 12.4. The number of carboxylic acid groups (broad SMARTS) is 1. The number of amides is 1. The van der Waals surface area contributed by atoms with Crippen molar-refractivity contribution in [3.8, 4) is 0 Å². The van der Waals surface area contributed by atoms with Crippen LogP contribution in [-0.2, 0) is 4.79 Å². The van der Waals surface area contributed by atoms with Gasteiger partial charge in [-0.25, -0.2) is 0 Å². The van der Waals surface area contributed by atoms with Gasteiger partial charge in [-0.3, -0.25) is 9.59 Å². The van der Waals surface area contributed by atoms with Crippen molar-refractivity contribution in [3.63, 3.8) is 0 Å². The Morgan fingerprint density at radius 1 is 1.35 bits per heavy atom. The van der Waals surface area contributed by atoms with Gasteiger partial charge < -0.3 is 10.4 Å². The van der Waals surface area contributed by atoms with Gasteiger partial charge in [-0.1, -0.05) is 24.4 Å². The molecule has 108 valence electrons. The molecule has 4 nitrogen and oxygen atoms in total. The lowest BCUT2D eigenvalue weighted by atomic mass is 9.92. The second-order valence-electron chi connectivity index (χ2n) is 5.14. The topological polar surface area (TPSA) is 66.4 Å². The Morgan fingerprint density at radius 3 is 2.60 bits per heavy atom. The predicted molar refractivity (Wildman–Crippen MR) is 80.1 cm³/mol. The Labute approximate surface area is 130 Å². The normalized spacial score (nSPS) is 16.9. The van der Waals surface area contributed by atoms with Crippen molar-refractivity contribution in [2.75, 3.05) is 0 Å². The molecule has 1 aliphatic carbocycles. The maximum Gasteiger partial charge on any atom is 0.305 e. The zero-order valence-corrected chi connectivity index (χ0v) is 13.1. The molecule has 6 heteroatoms. The van der Waals surface area contributed by atoms with Crippen molar-refractivity contribution < 1.29 is 14.7 Å². The van der Waals surface area contributed by atoms with Crippen molar-refractivity contribution in [1.82, 2.24) is 5.32 Å². The van der Waals surface area contributed by atoms with Gasteiger partial charge in [0.05, 0.1) is 17.5 Å². The third-order valence-corrected chi connectivity index (χ3v) is 4.53. The first-order valence-electron chi connectivity index (χ1n) is 6.41. The highest BCUT2D eigenvalue weighted by atomic mass is 79.9. The Kier molecular flexibility index (Phi) is 4.70. The first-order valence-corrected chi connectivity index (χ1v) is 7.58. The maximum atomic E-state index is 12.4. The molecule has 0 aliphatic heterocycles. The molecule has 1 aliphatic rings. The first kappa shape index (κ1) is 15.3. The fourth-order valence-corrected chi connectivity index (χ4v) is 3.27. The molecule has 1 fully saturated rings. The standard InChI is InChI=1S/C14H15BrClNO3/c15-11-4-3-9(16)7-10(11)13(20)17-14(8-12(18)19)5-1-2-6-14/h3-4,7H,1-2,5-6,8H2,(H,17,20)(H,18,19). The zero-order valence-electron chi connectivity index (χ0n) is 10.8. The fourth-order valence-electron chi connectivity index (χ4n) is 2.67. The van der Waals surface area contributed by atoms with E-state index in [1.807, 2.05) is 0 Å². The number of aliphatic carboxylic acids is 1. The van der Waals surface area contributed by atoms with E-state index in [2.05, 4.69) is 21.2 Å². The number of halogens is 2. The summed E-state index contributed by atoms with van der Waals surface area (Å²) in [6.45, 7) is 0. The Balaban J connectivity index is 2.20. The van der Waals surface area contributed by atoms with Crippen LogP contribution in [0.5, 0.6) is 0 Å². The number of hydrogen-bond acceptors (Lipinski definition) is 2. The summed E-state index contributed by atoms with van der Waals surface area (Å²) in [5.41, 5.74) is -0.209. The van der Waals surface area contributed by atoms with E-state index in [1.54, 1.807) is 18.2 Å². The van der Waals surface area contributed by atoms with Crippen LogP contribution in [0, 0.1) is 0 Å². The van der Waals surface area contributed by atoms with Crippen molar-refractivity contribution in [2.45, 2.75) is 37.6 Å². The van der Waals surface area contributed by atoms with Crippen LogP contribution in [0.1, 0.15) is 42.5 Å². The summed E-state index contributed by atoms with van der Waals surface area (Å²) in [6, 6.07) is 4.96. The van der Waals surface area contributed by atoms with E-state index < -0.39 is 11.5 Å². The molecule has 2 rings (SSSR count). The Hall–Kier alpha value is -1.07. The summed E-state index contributed by atoms with van der Waals surface area (Å²) >= 11 is 9.21. The number of carbonyl (C=O) groups is 2. The summed E-state index contributed by atoms with van der Waals surface area (Å²) < 4.78 is 0.642. The van der Waals surface area contributed by atoms with Crippen LogP contribution in [-0.4, -0.2) is 22.5 Å². The van der Waals surface area contributed by atoms with Gasteiger partial charge in [-0.15, -0.1) is 0 Å². The summed E-state index contributed by atoms with van der Waals surface area (Å²) in [7, 11) is 0. The van der Waals surface area contributed by atoms with Gasteiger partial charge in [-0.05, 0) is 47.0 Å². The van der Waals surface area contributed by atoms with E-state index in [4.69, 9.17) is 16.7 Å². The van der Waals surface area contributed by atoms with Gasteiger partial charge in [0.15, 0.2) is 0 Å². The zero-order chi connectivity index (χ0) is 14.8. The minimum absolute atomic E-state index is 0.0447. The molecule has 0 radical (unpaired) electrons. The molecule has 0 spiro atoms. The SMILES string of the molecule is O=C(O)CC1(NC(=O)c2cc(Cl)ccc2Br)CCCC1. The quantitative estimate of drug-likeness (QED) is 0.862. The molecule has 20 heavy (non-hydrogen) atoms. The van der Waals surface area contributed by atoms with Crippen LogP contribution in [0.25, 0.3) is 0 Å². The number of carbonyl (C=O) groups excluding carboxylic acids is 1. The third-order valence-electron chi connectivity index (χ3n) is 3.60. The summed E-state index contributed by atoms with van der Waals surface area (Å²) in [4.78, 5) is 23.4. The van der Waals surface area contributed by atoms with Gasteiger partial charge >= 0.3 is 5.97 Å². The number of nitrogens with one attached hydrogen (secondary N) is 1. The van der Waals surface area contributed by atoms with Crippen molar-refractivity contribution >= 4 is 39.4 Å². The van der Waals surface area contributed by atoms with E-state index in [0.717, 1.165) is 12.8 Å². The van der Waals surface area contributed by atoms with Gasteiger partial charge in [0, 0.05) is 9.50 Å². The highest BCUT2D eigenvalue weighted by Gasteiger charge is 2.37. The van der Waals surface area contributed by atoms with Gasteiger partial charge in [0.2, 0.25) is 0 Å². The van der Waals surface area contributed by atoms with Crippen molar-refractivity contribution in [1.29, 1.82) is 0 Å². The highest BCUT2D eigenvalue weighted by Crippen LogP contribution is 2.33. The van der Waals surface area contributed by atoms with Crippen molar-refractivity contribution in [2.24, 2.45) is 0 Å². The smallest absolute Gasteiger partial charge is 0.305 e. The molecule has 1 aromatic carbocycles. The van der Waals surface area contributed by atoms with E-state index in [0.29, 0.717) is 27.9 Å². The second-order valence-corrected chi connectivity index (χ2v) is 6.43. The average Bonchev–Trinajstić information content (AvgIpc) is 2.79. The van der Waals surface area contributed by atoms with Gasteiger partial charge in [0.1, 0.15) is 0 Å². The summed E-state index contributed by atoms with van der Waals surface area (Å²) in [5.74, 6) is -1.18. The summed E-state index contributed by atoms with van der Waals surface area (Å²) in [6.07, 6.45) is 3.22. The van der Waals surface area contributed by atoms with Crippen molar-refractivity contribution in [3.05, 3.63) is 33.3 Å². The monoisotopic (exact) mass is 359 g/mol. The third kappa shape index (κ3) is 3.52. The molecular weight excluding hydrogens is 346 g/mol. The van der Waals surface area contributed by atoms with Crippen LogP contribution in [0.4, 0.5) is 0 Å². The molecule has 0 unspecified atom stereocenters. The molecule has 1 aromatic rings. The molecule has 1 amide bonds. The van der Waals surface area contributed by atoms with E-state index in [1.165, 1.54) is 0 Å². The largest absolute Gasteiger partial charge is 0.481 e. The highest BCUT2D eigenvalue weighted by molar-refractivity contribution is 9.10. The van der Waals surface area contributed by atoms with Crippen LogP contribution in [0.3, 0.4) is 0 Å². The lowest BCUT2D eigenvalue weighted by molar-refractivity contribution is -0.138. The minimum Gasteiger partial charge on any atom is -0.481 e. The van der Waals surface area contributed by atoms with Crippen LogP contribution in [0.15, 0.2) is 22.7 Å². The van der Waals surface area contributed by atoms with Crippen LogP contribution in [0.2, 0.25) is 5.02 Å². The van der Waals surface area contributed by atoms with Crippen LogP contribution >= 0.6 is 27.5 Å². The predicted octanol–water partition coefficient (Wildman–Crippen LogP) is 3.62. The van der Waals surface area contributed by atoms with E-state index >= 15 is 0 Å². The molecule has 0 aromatic heterocycles.